The molecule has 12 heteroatoms. The van der Waals surface area contributed by atoms with Gasteiger partial charge >= 0.3 is 0 Å². The molecule has 6 rings (SSSR count). The van der Waals surface area contributed by atoms with Crippen LogP contribution in [0.2, 0.25) is 0 Å². The van der Waals surface area contributed by atoms with E-state index in [0.29, 0.717) is 29.7 Å². The second-order valence-corrected chi connectivity index (χ2v) is 10.2. The van der Waals surface area contributed by atoms with E-state index in [4.69, 9.17) is 4.74 Å². The molecule has 198 valence electrons. The summed E-state index contributed by atoms with van der Waals surface area (Å²) in [6, 6.07) is 13.0. The van der Waals surface area contributed by atoms with E-state index in [1.165, 1.54) is 16.0 Å². The Balaban J connectivity index is 1.25. The number of benzene rings is 1. The Morgan fingerprint density at radius 1 is 1.26 bits per heavy atom. The second-order valence-electron chi connectivity index (χ2n) is 10.2. The van der Waals surface area contributed by atoms with E-state index in [1.807, 2.05) is 30.3 Å². The lowest BCUT2D eigenvalue weighted by Gasteiger charge is -2.34. The lowest BCUT2D eigenvalue weighted by atomic mass is 9.97. The molecular weight excluding hydrogens is 500 g/mol. The van der Waals surface area contributed by atoms with E-state index in [-0.39, 0.29) is 18.8 Å². The molecule has 1 aliphatic carbocycles. The number of ether oxygens (including phenoxy) is 1. The van der Waals surface area contributed by atoms with Gasteiger partial charge in [0.1, 0.15) is 12.1 Å². The Morgan fingerprint density at radius 2 is 2.05 bits per heavy atom. The highest BCUT2D eigenvalue weighted by Gasteiger charge is 2.56. The van der Waals surface area contributed by atoms with Crippen LogP contribution in [0, 0.1) is 17.2 Å². The number of likely N-dealkylation sites (tertiary alicyclic amines) is 1. The zero-order chi connectivity index (χ0) is 27.1. The number of likely N-dealkylation sites (N-methyl/N-ethyl adjacent to an activating group) is 1. The molecule has 4 heterocycles. The van der Waals surface area contributed by atoms with Gasteiger partial charge in [-0.1, -0.05) is 43.2 Å². The molecular formula is C27H26N8O4. The van der Waals surface area contributed by atoms with E-state index in [0.717, 1.165) is 18.4 Å². The molecule has 1 spiro atoms. The van der Waals surface area contributed by atoms with Crippen molar-refractivity contribution in [2.45, 2.75) is 43.4 Å². The predicted octanol–water partition coefficient (Wildman–Crippen LogP) is 2.00. The van der Waals surface area contributed by atoms with Crippen molar-refractivity contribution in [3.63, 3.8) is 0 Å². The summed E-state index contributed by atoms with van der Waals surface area (Å²) in [5.74, 6) is 0.0120. The predicted molar refractivity (Wildman–Crippen MR) is 137 cm³/mol. The standard InChI is InChI=1S/C27H26N8O4/c1-34(25(37)23-30-21(32-33-23)17-6-3-2-4-7-17)19(12-16-9-10-16)24(36)35-15-27(13-18(35)14-28)26(38)31-22-20(39-27)8-5-11-29-22/h2-8,11,16,18-19H,9-10,12-13,15H2,1H3,(H,29,31,38)(H,30,32,33)/t18-,19-,27+/m0/s1. The number of anilines is 1. The molecule has 0 radical (unpaired) electrons. The molecule has 3 aromatic rings. The lowest BCUT2D eigenvalue weighted by molar-refractivity contribution is -0.138. The van der Waals surface area contributed by atoms with E-state index >= 15 is 0 Å². The first-order valence-corrected chi connectivity index (χ1v) is 12.8. The van der Waals surface area contributed by atoms with Gasteiger partial charge in [-0.25, -0.2) is 9.97 Å². The molecule has 0 unspecified atom stereocenters. The number of hydrogen-bond acceptors (Lipinski definition) is 8. The minimum absolute atomic E-state index is 0.00571. The van der Waals surface area contributed by atoms with Crippen LogP contribution in [0.4, 0.5) is 5.82 Å². The highest BCUT2D eigenvalue weighted by Crippen LogP contribution is 2.40. The highest BCUT2D eigenvalue weighted by molar-refractivity contribution is 6.01. The average Bonchev–Trinajstić information content (AvgIpc) is 3.50. The summed E-state index contributed by atoms with van der Waals surface area (Å²) in [5, 5.41) is 19.5. The summed E-state index contributed by atoms with van der Waals surface area (Å²) >= 11 is 0. The summed E-state index contributed by atoms with van der Waals surface area (Å²) < 4.78 is 6.08. The number of fused-ring (bicyclic) bond motifs is 1. The number of hydrogen-bond donors (Lipinski definition) is 2. The van der Waals surface area contributed by atoms with Crippen LogP contribution in [0.3, 0.4) is 0 Å². The maximum Gasteiger partial charge on any atom is 0.291 e. The molecule has 2 aromatic heterocycles. The van der Waals surface area contributed by atoms with Gasteiger partial charge in [0.2, 0.25) is 17.3 Å². The molecule has 1 saturated carbocycles. The van der Waals surface area contributed by atoms with Gasteiger partial charge in [-0.15, -0.1) is 0 Å². The smallest absolute Gasteiger partial charge is 0.291 e. The van der Waals surface area contributed by atoms with Crippen molar-refractivity contribution in [3.05, 3.63) is 54.5 Å². The number of nitriles is 1. The average molecular weight is 527 g/mol. The zero-order valence-electron chi connectivity index (χ0n) is 21.2. The molecule has 39 heavy (non-hydrogen) atoms. The van der Waals surface area contributed by atoms with Crippen molar-refractivity contribution in [1.29, 1.82) is 5.26 Å². The summed E-state index contributed by atoms with van der Waals surface area (Å²) in [4.78, 5) is 51.7. The number of nitrogens with one attached hydrogen (secondary N) is 2. The number of H-pyrrole nitrogens is 1. The maximum atomic E-state index is 14.0. The zero-order valence-corrected chi connectivity index (χ0v) is 21.2. The maximum absolute atomic E-state index is 14.0. The lowest BCUT2D eigenvalue weighted by Crippen LogP contribution is -2.55. The van der Waals surface area contributed by atoms with Gasteiger partial charge in [0.05, 0.1) is 12.6 Å². The quantitative estimate of drug-likeness (QED) is 0.494. The second kappa shape index (κ2) is 9.50. The summed E-state index contributed by atoms with van der Waals surface area (Å²) in [6.45, 7) is -0.117. The van der Waals surface area contributed by atoms with Crippen LogP contribution in [0.1, 0.15) is 36.3 Å². The number of carbonyl (C=O) groups excluding carboxylic acids is 3. The van der Waals surface area contributed by atoms with Gasteiger partial charge in [0.15, 0.2) is 17.4 Å². The minimum atomic E-state index is -1.42. The molecule has 2 aliphatic heterocycles. The summed E-state index contributed by atoms with van der Waals surface area (Å²) in [7, 11) is 1.55. The first kappa shape index (κ1) is 24.5. The van der Waals surface area contributed by atoms with Gasteiger partial charge in [-0.2, -0.15) is 10.4 Å². The van der Waals surface area contributed by atoms with Crippen LogP contribution < -0.4 is 10.1 Å². The number of rotatable bonds is 6. The van der Waals surface area contributed by atoms with Crippen LogP contribution in [0.5, 0.6) is 5.75 Å². The Labute approximate surface area is 224 Å². The Kier molecular flexibility index (Phi) is 5.98. The Hall–Kier alpha value is -4.79. The summed E-state index contributed by atoms with van der Waals surface area (Å²) in [5.41, 5.74) is -0.670. The van der Waals surface area contributed by atoms with Crippen LogP contribution in [0.15, 0.2) is 48.7 Å². The van der Waals surface area contributed by atoms with E-state index in [1.54, 1.807) is 19.2 Å². The number of amides is 3. The third kappa shape index (κ3) is 4.46. The number of pyridine rings is 1. The molecule has 1 saturated heterocycles. The molecule has 2 N–H and O–H groups in total. The topological polar surface area (TPSA) is 157 Å². The van der Waals surface area contributed by atoms with Crippen molar-refractivity contribution in [3.8, 4) is 23.2 Å². The van der Waals surface area contributed by atoms with Crippen LogP contribution in [-0.4, -0.2) is 79.0 Å². The van der Waals surface area contributed by atoms with Crippen molar-refractivity contribution in [1.82, 2.24) is 30.0 Å². The molecule has 3 amide bonds. The molecule has 2 fully saturated rings. The Morgan fingerprint density at radius 3 is 2.79 bits per heavy atom. The van der Waals surface area contributed by atoms with Gasteiger partial charge in [0.25, 0.3) is 11.8 Å². The normalized spacial score (nSPS) is 22.4. The SMILES string of the molecule is CN(C(=O)c1nc(-c2ccccc2)n[nH]1)[C@@H](CC1CC1)C(=O)N1C[C@@]2(C[C@H]1C#N)Oc1cccnc1NC2=O. The first-order valence-electron chi connectivity index (χ1n) is 12.8. The molecule has 0 bridgehead atoms. The van der Waals surface area contributed by atoms with Crippen LogP contribution in [-0.2, 0) is 9.59 Å². The first-order chi connectivity index (χ1) is 18.9. The monoisotopic (exact) mass is 526 g/mol. The fourth-order valence-electron chi connectivity index (χ4n) is 5.17. The number of nitrogens with zero attached hydrogens (tertiary/aromatic N) is 6. The van der Waals surface area contributed by atoms with E-state index in [9.17, 15) is 19.6 Å². The third-order valence-corrected chi connectivity index (χ3v) is 7.53. The van der Waals surface area contributed by atoms with Crippen molar-refractivity contribution in [2.75, 3.05) is 18.9 Å². The molecule has 1 aromatic carbocycles. The number of aromatic amines is 1. The van der Waals surface area contributed by atoms with Gasteiger partial charge < -0.3 is 19.9 Å². The Bertz CT molecular complexity index is 1480. The summed E-state index contributed by atoms with van der Waals surface area (Å²) in [6.07, 6.45) is 3.92. The fourth-order valence-corrected chi connectivity index (χ4v) is 5.17. The van der Waals surface area contributed by atoms with E-state index < -0.39 is 35.4 Å². The minimum Gasteiger partial charge on any atom is -0.472 e. The molecule has 3 atom stereocenters. The van der Waals surface area contributed by atoms with Crippen molar-refractivity contribution < 1.29 is 19.1 Å². The van der Waals surface area contributed by atoms with Crippen LogP contribution in [0.25, 0.3) is 11.4 Å². The van der Waals surface area contributed by atoms with E-state index in [2.05, 4.69) is 31.6 Å². The third-order valence-electron chi connectivity index (χ3n) is 7.53. The number of carbonyl (C=O) groups is 3. The largest absolute Gasteiger partial charge is 0.472 e. The molecule has 3 aliphatic rings. The van der Waals surface area contributed by atoms with Gasteiger partial charge in [-0.05, 0) is 24.5 Å². The van der Waals surface area contributed by atoms with Gasteiger partial charge in [0, 0.05) is 25.2 Å². The van der Waals surface area contributed by atoms with Crippen molar-refractivity contribution in [2.24, 2.45) is 5.92 Å². The molecule has 12 nitrogen and oxygen atoms in total. The highest BCUT2D eigenvalue weighted by atomic mass is 16.5. The van der Waals surface area contributed by atoms with Crippen molar-refractivity contribution >= 4 is 23.5 Å². The van der Waals surface area contributed by atoms with Gasteiger partial charge in [-0.3, -0.25) is 19.5 Å². The van der Waals surface area contributed by atoms with Crippen LogP contribution >= 0.6 is 0 Å². The number of aromatic nitrogens is 4. The fraction of sp³-hybridized carbons (Fsp3) is 0.370.